The summed E-state index contributed by atoms with van der Waals surface area (Å²) in [5.41, 5.74) is 3.35. The fourth-order valence-electron chi connectivity index (χ4n) is 4.12. The summed E-state index contributed by atoms with van der Waals surface area (Å²) in [7, 11) is 0. The van der Waals surface area contributed by atoms with Crippen molar-refractivity contribution in [1.29, 1.82) is 0 Å². The molecule has 0 spiro atoms. The van der Waals surface area contributed by atoms with Gasteiger partial charge < -0.3 is 15.0 Å². The largest absolute Gasteiger partial charge is 0.484 e. The van der Waals surface area contributed by atoms with Gasteiger partial charge in [-0.15, -0.1) is 0 Å². The maximum Gasteiger partial charge on any atom is 0.261 e. The first-order valence-corrected chi connectivity index (χ1v) is 11.7. The van der Waals surface area contributed by atoms with Gasteiger partial charge >= 0.3 is 0 Å². The summed E-state index contributed by atoms with van der Waals surface area (Å²) in [5, 5.41) is 3.13. The normalized spacial score (nSPS) is 14.9. The van der Waals surface area contributed by atoms with Crippen LogP contribution >= 0.6 is 0 Å². The van der Waals surface area contributed by atoms with Gasteiger partial charge in [-0.2, -0.15) is 0 Å². The first-order chi connectivity index (χ1) is 15.3. The Morgan fingerprint density at radius 3 is 2.31 bits per heavy atom. The molecule has 1 aliphatic rings. The number of hydrogen-bond donors (Lipinski definition) is 1. The van der Waals surface area contributed by atoms with E-state index in [0.29, 0.717) is 18.2 Å². The summed E-state index contributed by atoms with van der Waals surface area (Å²) >= 11 is 0. The van der Waals surface area contributed by atoms with Crippen LogP contribution in [0.15, 0.2) is 48.5 Å². The molecule has 0 aromatic heterocycles. The number of ether oxygens (including phenoxy) is 1. The van der Waals surface area contributed by atoms with Gasteiger partial charge in [0.1, 0.15) is 11.8 Å². The quantitative estimate of drug-likeness (QED) is 0.604. The van der Waals surface area contributed by atoms with E-state index in [1.54, 1.807) is 11.8 Å². The highest BCUT2D eigenvalue weighted by Crippen LogP contribution is 2.20. The number of benzene rings is 2. The molecule has 3 rings (SSSR count). The zero-order valence-electron chi connectivity index (χ0n) is 19.8. The lowest BCUT2D eigenvalue weighted by molar-refractivity contribution is -0.142. The maximum absolute atomic E-state index is 13.2. The second kappa shape index (κ2) is 11.2. The molecular formula is C27H36N2O3. The van der Waals surface area contributed by atoms with E-state index >= 15 is 0 Å². The third-order valence-electron chi connectivity index (χ3n) is 6.38. The smallest absolute Gasteiger partial charge is 0.261 e. The van der Waals surface area contributed by atoms with Crippen LogP contribution in [0.4, 0.5) is 0 Å². The summed E-state index contributed by atoms with van der Waals surface area (Å²) in [6, 6.07) is 15.4. The summed E-state index contributed by atoms with van der Waals surface area (Å²) in [4.78, 5) is 27.8. The Morgan fingerprint density at radius 2 is 1.69 bits per heavy atom. The van der Waals surface area contributed by atoms with Gasteiger partial charge in [0.15, 0.2) is 6.61 Å². The number of amides is 2. The van der Waals surface area contributed by atoms with Gasteiger partial charge in [0.05, 0.1) is 0 Å². The van der Waals surface area contributed by atoms with Crippen molar-refractivity contribution >= 4 is 11.8 Å². The van der Waals surface area contributed by atoms with Crippen LogP contribution in [0.2, 0.25) is 0 Å². The molecule has 1 atom stereocenters. The van der Waals surface area contributed by atoms with Crippen LogP contribution in [0, 0.1) is 6.92 Å². The van der Waals surface area contributed by atoms with Crippen molar-refractivity contribution in [3.63, 3.8) is 0 Å². The average molecular weight is 437 g/mol. The Kier molecular flexibility index (Phi) is 8.32. The molecule has 1 N–H and O–H groups in total. The minimum absolute atomic E-state index is 0.0971. The van der Waals surface area contributed by atoms with Crippen LogP contribution in [0.1, 0.15) is 69.1 Å². The monoisotopic (exact) mass is 436 g/mol. The van der Waals surface area contributed by atoms with Crippen molar-refractivity contribution in [3.05, 3.63) is 65.2 Å². The Balaban J connectivity index is 1.70. The van der Waals surface area contributed by atoms with Crippen LogP contribution in [0.25, 0.3) is 0 Å². The predicted molar refractivity (Wildman–Crippen MR) is 128 cm³/mol. The van der Waals surface area contributed by atoms with E-state index in [1.807, 2.05) is 55.5 Å². The lowest BCUT2D eigenvalue weighted by atomic mass is 10.0. The molecule has 1 aliphatic carbocycles. The van der Waals surface area contributed by atoms with Crippen LogP contribution in [0.5, 0.6) is 5.75 Å². The molecule has 0 heterocycles. The Morgan fingerprint density at radius 1 is 1.03 bits per heavy atom. The number of aryl methyl sites for hydroxylation is 1. The van der Waals surface area contributed by atoms with Crippen molar-refractivity contribution in [3.8, 4) is 5.75 Å². The van der Waals surface area contributed by atoms with Crippen LogP contribution in [-0.4, -0.2) is 35.4 Å². The highest BCUT2D eigenvalue weighted by Gasteiger charge is 2.29. The number of nitrogens with zero attached hydrogens (tertiary/aromatic N) is 1. The lowest BCUT2D eigenvalue weighted by Gasteiger charge is -2.30. The summed E-state index contributed by atoms with van der Waals surface area (Å²) in [6.07, 6.45) is 4.32. The second-order valence-corrected chi connectivity index (χ2v) is 9.13. The Hall–Kier alpha value is -2.82. The van der Waals surface area contributed by atoms with E-state index in [1.165, 1.54) is 5.56 Å². The SMILES string of the molecule is Cc1ccccc1CN(C(=O)COc1ccc(C(C)C)cc1)[C@H](C)C(=O)NC1CCCC1. The molecule has 0 bridgehead atoms. The number of rotatable bonds is 9. The third-order valence-corrected chi connectivity index (χ3v) is 6.38. The molecule has 172 valence electrons. The third kappa shape index (κ3) is 6.35. The Bertz CT molecular complexity index is 901. The molecule has 5 heteroatoms. The molecule has 0 radical (unpaired) electrons. The standard InChI is InChI=1S/C27H36N2O3/c1-19(2)22-13-15-25(16-14-22)32-18-26(30)29(17-23-10-6-5-9-20(23)3)21(4)27(31)28-24-11-7-8-12-24/h5-6,9-10,13-16,19,21,24H,7-8,11-12,17-18H2,1-4H3,(H,28,31)/t21-/m1/s1. The topological polar surface area (TPSA) is 58.6 Å². The Labute approximate surface area is 192 Å². The molecule has 5 nitrogen and oxygen atoms in total. The highest BCUT2D eigenvalue weighted by molar-refractivity contribution is 5.88. The minimum atomic E-state index is -0.574. The average Bonchev–Trinajstić information content (AvgIpc) is 3.29. The lowest BCUT2D eigenvalue weighted by Crippen LogP contribution is -2.50. The number of hydrogen-bond acceptors (Lipinski definition) is 3. The summed E-state index contributed by atoms with van der Waals surface area (Å²) in [5.74, 6) is 0.798. The van der Waals surface area contributed by atoms with Gasteiger partial charge in [-0.25, -0.2) is 0 Å². The van der Waals surface area contributed by atoms with Crippen molar-refractivity contribution in [2.24, 2.45) is 0 Å². The highest BCUT2D eigenvalue weighted by atomic mass is 16.5. The van der Waals surface area contributed by atoms with E-state index in [4.69, 9.17) is 4.74 Å². The van der Waals surface area contributed by atoms with Gasteiger partial charge in [-0.3, -0.25) is 9.59 Å². The maximum atomic E-state index is 13.2. The second-order valence-electron chi connectivity index (χ2n) is 9.13. The first kappa shape index (κ1) is 23.8. The molecule has 0 aliphatic heterocycles. The van der Waals surface area contributed by atoms with Crippen molar-refractivity contribution < 1.29 is 14.3 Å². The number of nitrogens with one attached hydrogen (secondary N) is 1. The fourth-order valence-corrected chi connectivity index (χ4v) is 4.12. The summed E-state index contributed by atoms with van der Waals surface area (Å²) in [6.45, 7) is 8.38. The van der Waals surface area contributed by atoms with Crippen molar-refractivity contribution in [2.75, 3.05) is 6.61 Å². The molecule has 32 heavy (non-hydrogen) atoms. The van der Waals surface area contributed by atoms with E-state index in [9.17, 15) is 9.59 Å². The molecule has 0 saturated heterocycles. The molecule has 2 aromatic rings. The van der Waals surface area contributed by atoms with E-state index < -0.39 is 6.04 Å². The number of carbonyl (C=O) groups is 2. The van der Waals surface area contributed by atoms with Crippen molar-refractivity contribution in [2.45, 2.75) is 77.9 Å². The molecule has 0 unspecified atom stereocenters. The molecule has 2 aromatic carbocycles. The van der Waals surface area contributed by atoms with Gasteiger partial charge in [-0.1, -0.05) is 63.1 Å². The number of carbonyl (C=O) groups excluding carboxylic acids is 2. The fraction of sp³-hybridized carbons (Fsp3) is 0.481. The minimum Gasteiger partial charge on any atom is -0.484 e. The van der Waals surface area contributed by atoms with E-state index in [0.717, 1.165) is 36.8 Å². The van der Waals surface area contributed by atoms with Crippen LogP contribution < -0.4 is 10.1 Å². The zero-order valence-corrected chi connectivity index (χ0v) is 19.8. The zero-order chi connectivity index (χ0) is 23.1. The van der Waals surface area contributed by atoms with Gasteiger partial charge in [0, 0.05) is 12.6 Å². The van der Waals surface area contributed by atoms with Crippen molar-refractivity contribution in [1.82, 2.24) is 10.2 Å². The van der Waals surface area contributed by atoms with Gasteiger partial charge in [0.25, 0.3) is 5.91 Å². The van der Waals surface area contributed by atoms with Gasteiger partial charge in [0.2, 0.25) is 5.91 Å². The van der Waals surface area contributed by atoms with Crippen LogP contribution in [-0.2, 0) is 16.1 Å². The predicted octanol–water partition coefficient (Wildman–Crippen LogP) is 4.97. The summed E-state index contributed by atoms with van der Waals surface area (Å²) < 4.78 is 5.79. The molecule has 1 saturated carbocycles. The molecule has 2 amide bonds. The molecular weight excluding hydrogens is 400 g/mol. The van der Waals surface area contributed by atoms with E-state index in [2.05, 4.69) is 19.2 Å². The van der Waals surface area contributed by atoms with Gasteiger partial charge in [-0.05, 0) is 61.4 Å². The van der Waals surface area contributed by atoms with E-state index in [-0.39, 0.29) is 24.5 Å². The van der Waals surface area contributed by atoms with Crippen LogP contribution in [0.3, 0.4) is 0 Å². The molecule has 1 fully saturated rings. The first-order valence-electron chi connectivity index (χ1n) is 11.7.